The number of hydrogen-bond donors (Lipinski definition) is 2. The fourth-order valence-corrected chi connectivity index (χ4v) is 1.47. The zero-order valence-corrected chi connectivity index (χ0v) is 9.39. The summed E-state index contributed by atoms with van der Waals surface area (Å²) in [7, 11) is 0. The molecule has 0 aromatic carbocycles. The van der Waals surface area contributed by atoms with E-state index in [1.54, 1.807) is 23.2 Å². The van der Waals surface area contributed by atoms with Crippen LogP contribution in [0.15, 0.2) is 18.3 Å². The van der Waals surface area contributed by atoms with E-state index in [1.165, 1.54) is 0 Å². The first-order valence-electron chi connectivity index (χ1n) is 5.31. The van der Waals surface area contributed by atoms with Crippen LogP contribution in [-0.4, -0.2) is 40.6 Å². The first-order chi connectivity index (χ1) is 7.70. The van der Waals surface area contributed by atoms with Gasteiger partial charge in [0.25, 0.3) is 5.91 Å². The molecule has 1 amide bonds. The number of hydrogen-bond acceptors (Lipinski definition) is 4. The maximum absolute atomic E-state index is 12.0. The molecular weight excluding hydrogens is 206 g/mol. The molecule has 0 fully saturated rings. The zero-order chi connectivity index (χ0) is 12.0. The largest absolute Gasteiger partial charge is 0.395 e. The van der Waals surface area contributed by atoms with E-state index in [0.717, 1.165) is 6.42 Å². The SMILES string of the molecule is CCCN(CCO)C(=O)c1cccnc1N. The van der Waals surface area contributed by atoms with Crippen molar-refractivity contribution in [1.82, 2.24) is 9.88 Å². The van der Waals surface area contributed by atoms with Gasteiger partial charge in [-0.15, -0.1) is 0 Å². The fraction of sp³-hybridized carbons (Fsp3) is 0.455. The summed E-state index contributed by atoms with van der Waals surface area (Å²) in [6.45, 7) is 2.85. The normalized spacial score (nSPS) is 10.1. The van der Waals surface area contributed by atoms with Crippen LogP contribution in [0.5, 0.6) is 0 Å². The van der Waals surface area contributed by atoms with Gasteiger partial charge in [-0.3, -0.25) is 4.79 Å². The Hall–Kier alpha value is -1.62. The number of nitrogens with zero attached hydrogens (tertiary/aromatic N) is 2. The summed E-state index contributed by atoms with van der Waals surface area (Å²) < 4.78 is 0. The number of carbonyl (C=O) groups is 1. The highest BCUT2D eigenvalue weighted by Gasteiger charge is 2.16. The number of aromatic nitrogens is 1. The summed E-state index contributed by atoms with van der Waals surface area (Å²) in [6, 6.07) is 3.32. The van der Waals surface area contributed by atoms with Gasteiger partial charge in [-0.1, -0.05) is 6.92 Å². The van der Waals surface area contributed by atoms with Gasteiger partial charge < -0.3 is 15.7 Å². The van der Waals surface area contributed by atoms with Gasteiger partial charge in [0.2, 0.25) is 0 Å². The molecule has 88 valence electrons. The molecule has 0 saturated heterocycles. The number of amides is 1. The topological polar surface area (TPSA) is 79.5 Å². The molecule has 0 spiro atoms. The number of rotatable bonds is 5. The Balaban J connectivity index is 2.85. The van der Waals surface area contributed by atoms with E-state index in [1.807, 2.05) is 6.92 Å². The van der Waals surface area contributed by atoms with E-state index in [-0.39, 0.29) is 18.3 Å². The second kappa shape index (κ2) is 6.07. The number of carbonyl (C=O) groups excluding carboxylic acids is 1. The number of nitrogens with two attached hydrogens (primary N) is 1. The van der Waals surface area contributed by atoms with Crippen LogP contribution in [0.2, 0.25) is 0 Å². The van der Waals surface area contributed by atoms with Crippen LogP contribution in [-0.2, 0) is 0 Å². The molecule has 5 nitrogen and oxygen atoms in total. The zero-order valence-electron chi connectivity index (χ0n) is 9.39. The van der Waals surface area contributed by atoms with E-state index in [4.69, 9.17) is 10.8 Å². The average Bonchev–Trinajstić information content (AvgIpc) is 2.28. The van der Waals surface area contributed by atoms with Crippen LogP contribution in [0.3, 0.4) is 0 Å². The summed E-state index contributed by atoms with van der Waals surface area (Å²) in [4.78, 5) is 17.5. The third kappa shape index (κ3) is 2.93. The third-order valence-corrected chi connectivity index (χ3v) is 2.22. The molecule has 1 heterocycles. The van der Waals surface area contributed by atoms with Crippen LogP contribution < -0.4 is 5.73 Å². The lowest BCUT2D eigenvalue weighted by molar-refractivity contribution is 0.0722. The second-order valence-electron chi connectivity index (χ2n) is 3.45. The molecule has 0 bridgehead atoms. The molecule has 16 heavy (non-hydrogen) atoms. The summed E-state index contributed by atoms with van der Waals surface area (Å²) in [5.74, 6) is 0.0491. The van der Waals surface area contributed by atoms with Gasteiger partial charge in [0.1, 0.15) is 5.82 Å². The molecule has 0 aliphatic heterocycles. The molecule has 0 unspecified atom stereocenters. The smallest absolute Gasteiger partial charge is 0.257 e. The molecule has 3 N–H and O–H groups in total. The van der Waals surface area contributed by atoms with Gasteiger partial charge in [0.15, 0.2) is 0 Å². The van der Waals surface area contributed by atoms with Gasteiger partial charge in [-0.05, 0) is 18.6 Å². The van der Waals surface area contributed by atoms with E-state index in [0.29, 0.717) is 18.7 Å². The standard InChI is InChI=1S/C11H17N3O2/c1-2-6-14(7-8-15)11(16)9-4-3-5-13-10(9)12/h3-5,15H,2,6-8H2,1H3,(H2,12,13). The highest BCUT2D eigenvalue weighted by Crippen LogP contribution is 2.10. The first kappa shape index (κ1) is 12.4. The quantitative estimate of drug-likeness (QED) is 0.762. The Labute approximate surface area is 94.9 Å². The van der Waals surface area contributed by atoms with E-state index >= 15 is 0 Å². The van der Waals surface area contributed by atoms with Gasteiger partial charge >= 0.3 is 0 Å². The monoisotopic (exact) mass is 223 g/mol. The van der Waals surface area contributed by atoms with Crippen LogP contribution in [0.1, 0.15) is 23.7 Å². The highest BCUT2D eigenvalue weighted by atomic mass is 16.3. The van der Waals surface area contributed by atoms with Crippen LogP contribution in [0, 0.1) is 0 Å². The summed E-state index contributed by atoms with van der Waals surface area (Å²) >= 11 is 0. The van der Waals surface area contributed by atoms with Crippen LogP contribution >= 0.6 is 0 Å². The lowest BCUT2D eigenvalue weighted by Crippen LogP contribution is -2.34. The molecule has 0 saturated carbocycles. The lowest BCUT2D eigenvalue weighted by Gasteiger charge is -2.21. The maximum atomic E-state index is 12.0. The van der Waals surface area contributed by atoms with Crippen molar-refractivity contribution >= 4 is 11.7 Å². The highest BCUT2D eigenvalue weighted by molar-refractivity contribution is 5.98. The number of aliphatic hydroxyl groups is 1. The lowest BCUT2D eigenvalue weighted by atomic mass is 10.2. The Morgan fingerprint density at radius 3 is 2.88 bits per heavy atom. The van der Waals surface area contributed by atoms with Crippen molar-refractivity contribution in [2.45, 2.75) is 13.3 Å². The molecule has 0 aliphatic carbocycles. The maximum Gasteiger partial charge on any atom is 0.257 e. The fourth-order valence-electron chi connectivity index (χ4n) is 1.47. The number of nitrogen functional groups attached to an aromatic ring is 1. The van der Waals surface area contributed by atoms with Crippen LogP contribution in [0.25, 0.3) is 0 Å². The Bertz CT molecular complexity index is 349. The molecule has 0 radical (unpaired) electrons. The van der Waals surface area contributed by atoms with Crippen molar-refractivity contribution in [2.75, 3.05) is 25.4 Å². The Morgan fingerprint density at radius 1 is 1.56 bits per heavy atom. The molecular formula is C11H17N3O2. The summed E-state index contributed by atoms with van der Waals surface area (Å²) in [5, 5.41) is 8.89. The minimum absolute atomic E-state index is 0.0497. The minimum Gasteiger partial charge on any atom is -0.395 e. The van der Waals surface area contributed by atoms with Gasteiger partial charge in [-0.2, -0.15) is 0 Å². The Morgan fingerprint density at radius 2 is 2.31 bits per heavy atom. The van der Waals surface area contributed by atoms with E-state index in [9.17, 15) is 4.79 Å². The number of aliphatic hydroxyl groups excluding tert-OH is 1. The first-order valence-corrected chi connectivity index (χ1v) is 5.31. The molecule has 1 aromatic heterocycles. The molecule has 1 aromatic rings. The third-order valence-electron chi connectivity index (χ3n) is 2.22. The van der Waals surface area contributed by atoms with Crippen LogP contribution in [0.4, 0.5) is 5.82 Å². The second-order valence-corrected chi connectivity index (χ2v) is 3.45. The van der Waals surface area contributed by atoms with Crippen molar-refractivity contribution in [2.24, 2.45) is 0 Å². The minimum atomic E-state index is -0.179. The molecule has 1 rings (SSSR count). The van der Waals surface area contributed by atoms with E-state index in [2.05, 4.69) is 4.98 Å². The van der Waals surface area contributed by atoms with Crippen molar-refractivity contribution in [1.29, 1.82) is 0 Å². The van der Waals surface area contributed by atoms with Gasteiger partial charge in [-0.25, -0.2) is 4.98 Å². The van der Waals surface area contributed by atoms with Crippen molar-refractivity contribution in [3.63, 3.8) is 0 Å². The molecule has 5 heteroatoms. The van der Waals surface area contributed by atoms with Crippen molar-refractivity contribution in [3.05, 3.63) is 23.9 Å². The predicted octanol–water partition coefficient (Wildman–Crippen LogP) is 0.508. The number of pyridine rings is 1. The number of anilines is 1. The average molecular weight is 223 g/mol. The van der Waals surface area contributed by atoms with Gasteiger partial charge in [0, 0.05) is 19.3 Å². The van der Waals surface area contributed by atoms with Crippen molar-refractivity contribution < 1.29 is 9.90 Å². The Kier molecular flexibility index (Phi) is 4.72. The predicted molar refractivity (Wildman–Crippen MR) is 61.9 cm³/mol. The van der Waals surface area contributed by atoms with Crippen molar-refractivity contribution in [3.8, 4) is 0 Å². The van der Waals surface area contributed by atoms with Gasteiger partial charge in [0.05, 0.1) is 12.2 Å². The summed E-state index contributed by atoms with van der Waals surface area (Å²) in [6.07, 6.45) is 2.38. The summed E-state index contributed by atoms with van der Waals surface area (Å²) in [5.41, 5.74) is 6.02. The van der Waals surface area contributed by atoms with E-state index < -0.39 is 0 Å². The molecule has 0 atom stereocenters. The molecule has 0 aliphatic rings.